The minimum absolute atomic E-state index is 0.0322. The van der Waals surface area contributed by atoms with Crippen molar-refractivity contribution >= 4 is 11.9 Å². The molecular weight excluding hydrogens is 506 g/mol. The third kappa shape index (κ3) is 8.22. The van der Waals surface area contributed by atoms with Gasteiger partial charge in [0, 0.05) is 38.9 Å². The molecule has 1 aliphatic heterocycles. The number of hydrogen-bond acceptors (Lipinski definition) is 5. The summed E-state index contributed by atoms with van der Waals surface area (Å²) in [6.45, 7) is 4.75. The van der Waals surface area contributed by atoms with Crippen LogP contribution in [-0.2, 0) is 22.4 Å². The molecule has 4 rings (SSSR count). The fraction of sp³-hybridized carbons (Fsp3) is 0.645. The third-order valence-electron chi connectivity index (χ3n) is 8.52. The molecule has 1 aromatic carbocycles. The van der Waals surface area contributed by atoms with Gasteiger partial charge in [0.15, 0.2) is 0 Å². The number of piperidine rings is 1. The molecule has 0 unspecified atom stereocenters. The number of likely N-dealkylation sites (tertiary alicyclic amines) is 1. The maximum absolute atomic E-state index is 13.9. The van der Waals surface area contributed by atoms with Gasteiger partial charge in [-0.05, 0) is 68.6 Å². The average Bonchev–Trinajstić information content (AvgIpc) is 3.52. The van der Waals surface area contributed by atoms with E-state index in [2.05, 4.69) is 27.5 Å². The maximum atomic E-state index is 13.9. The molecule has 3 N–H and O–H groups in total. The van der Waals surface area contributed by atoms with E-state index in [-0.39, 0.29) is 17.5 Å². The zero-order valence-electron chi connectivity index (χ0n) is 24.3. The Kier molecular flexibility index (Phi) is 11.3. The molecule has 3 amide bonds. The van der Waals surface area contributed by atoms with E-state index < -0.39 is 6.04 Å². The van der Waals surface area contributed by atoms with Crippen LogP contribution in [0.25, 0.3) is 0 Å². The summed E-state index contributed by atoms with van der Waals surface area (Å²) < 4.78 is 11.9. The molecule has 1 saturated heterocycles. The van der Waals surface area contributed by atoms with Gasteiger partial charge in [-0.25, -0.2) is 9.78 Å². The predicted octanol–water partition coefficient (Wildman–Crippen LogP) is 4.63. The number of nitrogens with one attached hydrogen (secondary N) is 3. The number of ether oxygens (including phenoxy) is 2. The van der Waals surface area contributed by atoms with Gasteiger partial charge < -0.3 is 30.0 Å². The molecule has 220 valence electrons. The fourth-order valence-corrected chi connectivity index (χ4v) is 6.24. The van der Waals surface area contributed by atoms with Crippen molar-refractivity contribution in [2.24, 2.45) is 5.92 Å². The number of nitrogens with zero attached hydrogens (tertiary/aromatic N) is 2. The second kappa shape index (κ2) is 15.1. The Morgan fingerprint density at radius 3 is 2.55 bits per heavy atom. The summed E-state index contributed by atoms with van der Waals surface area (Å²) >= 11 is 0. The first-order valence-electron chi connectivity index (χ1n) is 15.1. The largest absolute Gasteiger partial charge is 0.497 e. The standard InChI is InChI=1S/C31H47N5O4/c1-3-20-40-31(25-8-5-4-6-9-25)15-18-36(19-16-31)29(37)28(21-24-11-13-27(39-2)14-12-24)35-30(38)33-17-7-10-26-22-32-23-34-26/h11-14,22-23,25,28H,3-10,15-21H2,1-2H3,(H,32,34)(H2,33,35,38)/t28-/m1/s1. The van der Waals surface area contributed by atoms with E-state index in [0.717, 1.165) is 55.7 Å². The molecular formula is C31H47N5O4. The molecule has 2 aliphatic rings. The van der Waals surface area contributed by atoms with Crippen LogP contribution in [0.1, 0.15) is 76.0 Å². The van der Waals surface area contributed by atoms with Crippen LogP contribution in [0.3, 0.4) is 0 Å². The maximum Gasteiger partial charge on any atom is 0.315 e. The Bertz CT molecular complexity index is 1030. The van der Waals surface area contributed by atoms with Crippen LogP contribution in [0.15, 0.2) is 36.8 Å². The highest BCUT2D eigenvalue weighted by Crippen LogP contribution is 2.42. The SMILES string of the molecule is CCCOC1(C2CCCCC2)CCN(C(=O)[C@@H](Cc2ccc(OC)cc2)NC(=O)NCCCc2c[nH]cn2)CC1. The van der Waals surface area contributed by atoms with Gasteiger partial charge in [-0.3, -0.25) is 4.79 Å². The number of H-pyrrole nitrogens is 1. The first-order chi connectivity index (χ1) is 19.5. The van der Waals surface area contributed by atoms with Crippen LogP contribution in [0, 0.1) is 5.92 Å². The fourth-order valence-electron chi connectivity index (χ4n) is 6.24. The number of aryl methyl sites for hydroxylation is 1. The average molecular weight is 554 g/mol. The van der Waals surface area contributed by atoms with Gasteiger partial charge in [0.2, 0.25) is 5.91 Å². The van der Waals surface area contributed by atoms with Crippen LogP contribution in [0.2, 0.25) is 0 Å². The quantitative estimate of drug-likeness (QED) is 0.314. The highest BCUT2D eigenvalue weighted by atomic mass is 16.5. The summed E-state index contributed by atoms with van der Waals surface area (Å²) in [4.78, 5) is 35.8. The van der Waals surface area contributed by atoms with Crippen LogP contribution in [0.5, 0.6) is 5.75 Å². The van der Waals surface area contributed by atoms with E-state index in [9.17, 15) is 9.59 Å². The highest BCUT2D eigenvalue weighted by molar-refractivity contribution is 5.87. The van der Waals surface area contributed by atoms with Crippen LogP contribution in [0.4, 0.5) is 4.79 Å². The number of amides is 3. The summed E-state index contributed by atoms with van der Waals surface area (Å²) in [5.41, 5.74) is 1.81. The first kappa shape index (κ1) is 29.9. The summed E-state index contributed by atoms with van der Waals surface area (Å²) in [6.07, 6.45) is 14.5. The van der Waals surface area contributed by atoms with Crippen LogP contribution in [-0.4, -0.2) is 71.8 Å². The number of aromatic amines is 1. The number of aromatic nitrogens is 2. The molecule has 9 nitrogen and oxygen atoms in total. The van der Waals surface area contributed by atoms with Gasteiger partial charge in [-0.15, -0.1) is 0 Å². The van der Waals surface area contributed by atoms with E-state index >= 15 is 0 Å². The number of benzene rings is 1. The molecule has 1 aromatic heterocycles. The number of rotatable bonds is 13. The Labute approximate surface area is 238 Å². The van der Waals surface area contributed by atoms with Crippen molar-refractivity contribution in [1.29, 1.82) is 0 Å². The number of hydrogen-bond donors (Lipinski definition) is 3. The minimum atomic E-state index is -0.654. The van der Waals surface area contributed by atoms with Gasteiger partial charge in [0.1, 0.15) is 11.8 Å². The summed E-state index contributed by atoms with van der Waals surface area (Å²) in [7, 11) is 1.63. The van der Waals surface area contributed by atoms with Crippen molar-refractivity contribution < 1.29 is 19.1 Å². The molecule has 0 bridgehead atoms. The lowest BCUT2D eigenvalue weighted by Crippen LogP contribution is -2.57. The van der Waals surface area contributed by atoms with Crippen molar-refractivity contribution in [2.45, 2.75) is 89.2 Å². The highest BCUT2D eigenvalue weighted by Gasteiger charge is 2.44. The number of carbonyl (C=O) groups is 2. The molecule has 2 fully saturated rings. The molecule has 40 heavy (non-hydrogen) atoms. The monoisotopic (exact) mass is 553 g/mol. The molecule has 1 atom stereocenters. The third-order valence-corrected chi connectivity index (χ3v) is 8.52. The lowest BCUT2D eigenvalue weighted by Gasteiger charge is -2.48. The molecule has 1 aliphatic carbocycles. The topological polar surface area (TPSA) is 109 Å². The minimum Gasteiger partial charge on any atom is -0.497 e. The molecule has 2 heterocycles. The number of imidazole rings is 1. The molecule has 1 saturated carbocycles. The van der Waals surface area contributed by atoms with Gasteiger partial charge in [0.05, 0.1) is 24.7 Å². The van der Waals surface area contributed by atoms with Crippen molar-refractivity contribution in [3.63, 3.8) is 0 Å². The van der Waals surface area contributed by atoms with Crippen LogP contribution >= 0.6 is 0 Å². The Morgan fingerprint density at radius 2 is 1.90 bits per heavy atom. The normalized spacial score (nSPS) is 18.2. The second-order valence-electron chi connectivity index (χ2n) is 11.2. The molecule has 9 heteroatoms. The zero-order valence-corrected chi connectivity index (χ0v) is 24.3. The van der Waals surface area contributed by atoms with Gasteiger partial charge in [-0.2, -0.15) is 0 Å². The Morgan fingerprint density at radius 1 is 1.15 bits per heavy atom. The molecule has 0 spiro atoms. The molecule has 2 aromatic rings. The molecule has 0 radical (unpaired) electrons. The second-order valence-corrected chi connectivity index (χ2v) is 11.2. The van der Waals surface area contributed by atoms with Crippen molar-refractivity contribution in [3.05, 3.63) is 48.0 Å². The zero-order chi connectivity index (χ0) is 28.2. The van der Waals surface area contributed by atoms with Crippen LogP contribution < -0.4 is 15.4 Å². The predicted molar refractivity (Wildman–Crippen MR) is 155 cm³/mol. The van der Waals surface area contributed by atoms with Crippen molar-refractivity contribution in [1.82, 2.24) is 25.5 Å². The lowest BCUT2D eigenvalue weighted by atomic mass is 9.72. The number of methoxy groups -OCH3 is 1. The first-order valence-corrected chi connectivity index (χ1v) is 15.1. The van der Waals surface area contributed by atoms with Crippen molar-refractivity contribution in [2.75, 3.05) is 33.4 Å². The smallest absolute Gasteiger partial charge is 0.315 e. The summed E-state index contributed by atoms with van der Waals surface area (Å²) in [5, 5.41) is 5.90. The van der Waals surface area contributed by atoms with E-state index in [1.165, 1.54) is 32.1 Å². The van der Waals surface area contributed by atoms with Gasteiger partial charge in [0.25, 0.3) is 0 Å². The summed E-state index contributed by atoms with van der Waals surface area (Å²) in [5.74, 6) is 1.30. The van der Waals surface area contributed by atoms with Gasteiger partial charge >= 0.3 is 6.03 Å². The lowest BCUT2D eigenvalue weighted by molar-refractivity contribution is -0.149. The van der Waals surface area contributed by atoms with Crippen molar-refractivity contribution in [3.8, 4) is 5.75 Å². The number of carbonyl (C=O) groups excluding carboxylic acids is 2. The van der Waals surface area contributed by atoms with E-state index in [0.29, 0.717) is 32.0 Å². The van der Waals surface area contributed by atoms with E-state index in [4.69, 9.17) is 9.47 Å². The van der Waals surface area contributed by atoms with Gasteiger partial charge in [-0.1, -0.05) is 38.3 Å². The number of urea groups is 1. The van der Waals surface area contributed by atoms with E-state index in [1.807, 2.05) is 35.4 Å². The summed E-state index contributed by atoms with van der Waals surface area (Å²) in [6, 6.07) is 6.69. The van der Waals surface area contributed by atoms with E-state index in [1.54, 1.807) is 13.4 Å². The Balaban J connectivity index is 1.38. The Hall–Kier alpha value is -3.07.